The molecule has 0 radical (unpaired) electrons. The third-order valence-electron chi connectivity index (χ3n) is 4.78. The molecular formula is C14H27NO2S. The highest BCUT2D eigenvalue weighted by molar-refractivity contribution is 7.91. The second kappa shape index (κ2) is 5.91. The van der Waals surface area contributed by atoms with Crippen molar-refractivity contribution in [3.8, 4) is 0 Å². The molecule has 1 saturated carbocycles. The number of hydrogen-bond donors (Lipinski definition) is 1. The van der Waals surface area contributed by atoms with Crippen LogP contribution < -0.4 is 5.32 Å². The Labute approximate surface area is 112 Å². The van der Waals surface area contributed by atoms with Gasteiger partial charge in [0.25, 0.3) is 0 Å². The monoisotopic (exact) mass is 273 g/mol. The van der Waals surface area contributed by atoms with E-state index in [4.69, 9.17) is 0 Å². The molecule has 0 spiro atoms. The predicted molar refractivity (Wildman–Crippen MR) is 75.3 cm³/mol. The molecule has 2 fully saturated rings. The molecule has 2 aliphatic rings. The topological polar surface area (TPSA) is 46.2 Å². The van der Waals surface area contributed by atoms with Crippen LogP contribution in [-0.2, 0) is 9.84 Å². The smallest absolute Gasteiger partial charge is 0.150 e. The maximum absolute atomic E-state index is 11.7. The van der Waals surface area contributed by atoms with Crippen molar-refractivity contribution in [3.63, 3.8) is 0 Å². The van der Waals surface area contributed by atoms with Gasteiger partial charge in [-0.05, 0) is 43.6 Å². The summed E-state index contributed by atoms with van der Waals surface area (Å²) in [5.74, 6) is 2.73. The predicted octanol–water partition coefficient (Wildman–Crippen LogP) is 2.23. The van der Waals surface area contributed by atoms with Gasteiger partial charge in [0.2, 0.25) is 0 Å². The zero-order chi connectivity index (χ0) is 13.2. The van der Waals surface area contributed by atoms with Crippen molar-refractivity contribution in [2.75, 3.05) is 18.1 Å². The van der Waals surface area contributed by atoms with Crippen molar-refractivity contribution in [2.24, 2.45) is 17.8 Å². The van der Waals surface area contributed by atoms with Crippen LogP contribution in [0.1, 0.15) is 46.0 Å². The Morgan fingerprint density at radius 2 is 1.78 bits per heavy atom. The van der Waals surface area contributed by atoms with Gasteiger partial charge in [0.05, 0.1) is 11.5 Å². The summed E-state index contributed by atoms with van der Waals surface area (Å²) in [6.07, 6.45) is 6.04. The Morgan fingerprint density at radius 3 is 2.28 bits per heavy atom. The van der Waals surface area contributed by atoms with Gasteiger partial charge < -0.3 is 5.32 Å². The zero-order valence-electron chi connectivity index (χ0n) is 11.7. The van der Waals surface area contributed by atoms with Crippen molar-refractivity contribution >= 4 is 9.84 Å². The molecular weight excluding hydrogens is 246 g/mol. The molecule has 106 valence electrons. The number of nitrogens with one attached hydrogen (secondary N) is 1. The third-order valence-corrected chi connectivity index (χ3v) is 6.58. The summed E-state index contributed by atoms with van der Waals surface area (Å²) in [5.41, 5.74) is 0. The zero-order valence-corrected chi connectivity index (χ0v) is 12.5. The van der Waals surface area contributed by atoms with E-state index in [1.54, 1.807) is 0 Å². The lowest BCUT2D eigenvalue weighted by Gasteiger charge is -2.36. The van der Waals surface area contributed by atoms with Crippen molar-refractivity contribution in [2.45, 2.75) is 52.0 Å². The van der Waals surface area contributed by atoms with E-state index < -0.39 is 9.84 Å². The molecule has 1 aliphatic carbocycles. The van der Waals surface area contributed by atoms with E-state index in [1.165, 1.54) is 25.7 Å². The highest BCUT2D eigenvalue weighted by atomic mass is 32.2. The highest BCUT2D eigenvalue weighted by Gasteiger charge is 2.37. The third kappa shape index (κ3) is 3.47. The second-order valence-electron chi connectivity index (χ2n) is 6.27. The first-order valence-electron chi connectivity index (χ1n) is 7.45. The molecule has 3 nitrogen and oxygen atoms in total. The fourth-order valence-corrected chi connectivity index (χ4v) is 5.56. The molecule has 0 bridgehead atoms. The van der Waals surface area contributed by atoms with E-state index in [1.807, 2.05) is 0 Å². The van der Waals surface area contributed by atoms with Crippen molar-refractivity contribution in [3.05, 3.63) is 0 Å². The Morgan fingerprint density at radius 1 is 1.11 bits per heavy atom. The van der Waals surface area contributed by atoms with Crippen LogP contribution >= 0.6 is 0 Å². The normalized spacial score (nSPS) is 37.6. The Kier molecular flexibility index (Phi) is 4.70. The minimum absolute atomic E-state index is 0.355. The lowest BCUT2D eigenvalue weighted by atomic mass is 9.75. The van der Waals surface area contributed by atoms with E-state index in [9.17, 15) is 8.42 Å². The summed E-state index contributed by atoms with van der Waals surface area (Å²) in [4.78, 5) is 0. The molecule has 2 atom stereocenters. The molecule has 0 amide bonds. The van der Waals surface area contributed by atoms with Crippen molar-refractivity contribution in [1.82, 2.24) is 5.32 Å². The van der Waals surface area contributed by atoms with Gasteiger partial charge >= 0.3 is 0 Å². The summed E-state index contributed by atoms with van der Waals surface area (Å²) in [7, 11) is -2.75. The van der Waals surface area contributed by atoms with Crippen molar-refractivity contribution < 1.29 is 8.42 Å². The van der Waals surface area contributed by atoms with Crippen LogP contribution in [0.15, 0.2) is 0 Å². The summed E-state index contributed by atoms with van der Waals surface area (Å²) in [5, 5.41) is 3.58. The maximum atomic E-state index is 11.7. The van der Waals surface area contributed by atoms with Crippen LogP contribution in [0, 0.1) is 17.8 Å². The molecule has 1 N–H and O–H groups in total. The van der Waals surface area contributed by atoms with Gasteiger partial charge in [-0.2, -0.15) is 0 Å². The number of hydrogen-bond acceptors (Lipinski definition) is 3. The molecule has 1 heterocycles. The lowest BCUT2D eigenvalue weighted by molar-refractivity contribution is 0.193. The molecule has 4 heteroatoms. The Bertz CT molecular complexity index is 358. The maximum Gasteiger partial charge on any atom is 0.150 e. The Balaban J connectivity index is 1.99. The summed E-state index contributed by atoms with van der Waals surface area (Å²) < 4.78 is 23.3. The largest absolute Gasteiger partial charge is 0.314 e. The second-order valence-corrected chi connectivity index (χ2v) is 8.50. The van der Waals surface area contributed by atoms with Gasteiger partial charge in [-0.25, -0.2) is 8.42 Å². The first-order valence-corrected chi connectivity index (χ1v) is 9.27. The van der Waals surface area contributed by atoms with Crippen LogP contribution in [0.2, 0.25) is 0 Å². The van der Waals surface area contributed by atoms with E-state index in [2.05, 4.69) is 19.2 Å². The van der Waals surface area contributed by atoms with Gasteiger partial charge in [-0.15, -0.1) is 0 Å². The summed E-state index contributed by atoms with van der Waals surface area (Å²) in [6, 6.07) is 0.430. The van der Waals surface area contributed by atoms with Gasteiger partial charge in [0.1, 0.15) is 0 Å². The van der Waals surface area contributed by atoms with Gasteiger partial charge in [-0.1, -0.05) is 26.7 Å². The van der Waals surface area contributed by atoms with Crippen LogP contribution in [0.25, 0.3) is 0 Å². The molecule has 0 aromatic carbocycles. The van der Waals surface area contributed by atoms with Crippen LogP contribution in [-0.4, -0.2) is 32.5 Å². The van der Waals surface area contributed by atoms with Crippen LogP contribution in [0.5, 0.6) is 0 Å². The summed E-state index contributed by atoms with van der Waals surface area (Å²) >= 11 is 0. The van der Waals surface area contributed by atoms with E-state index >= 15 is 0 Å². The van der Waals surface area contributed by atoms with Crippen molar-refractivity contribution in [1.29, 1.82) is 0 Å². The number of sulfone groups is 1. The molecule has 0 aromatic heterocycles. The lowest BCUT2D eigenvalue weighted by Crippen LogP contribution is -2.44. The fraction of sp³-hybridized carbons (Fsp3) is 1.00. The minimum atomic E-state index is -2.75. The minimum Gasteiger partial charge on any atom is -0.314 e. The van der Waals surface area contributed by atoms with E-state index in [0.29, 0.717) is 29.4 Å². The molecule has 1 saturated heterocycles. The SMILES string of the molecule is CCNC(C1CCC(C)CC1)C1CCS(=O)(=O)C1. The van der Waals surface area contributed by atoms with Crippen LogP contribution in [0.4, 0.5) is 0 Å². The molecule has 1 aliphatic heterocycles. The highest BCUT2D eigenvalue weighted by Crippen LogP contribution is 2.35. The van der Waals surface area contributed by atoms with Gasteiger partial charge in [0.15, 0.2) is 9.84 Å². The molecule has 2 unspecified atom stereocenters. The average Bonchev–Trinajstić information content (AvgIpc) is 2.68. The standard InChI is InChI=1S/C14H27NO2S/c1-3-15-14(12-6-4-11(2)5-7-12)13-8-9-18(16,17)10-13/h11-15H,3-10H2,1-2H3. The Hall–Kier alpha value is -0.0900. The average molecular weight is 273 g/mol. The quantitative estimate of drug-likeness (QED) is 0.854. The number of rotatable bonds is 4. The first kappa shape index (κ1) is 14.3. The molecule has 0 aromatic rings. The van der Waals surface area contributed by atoms with Crippen LogP contribution in [0.3, 0.4) is 0 Å². The fourth-order valence-electron chi connectivity index (χ4n) is 3.71. The van der Waals surface area contributed by atoms with E-state index in [-0.39, 0.29) is 0 Å². The van der Waals surface area contributed by atoms with Gasteiger partial charge in [0, 0.05) is 6.04 Å². The molecule has 2 rings (SSSR count). The summed E-state index contributed by atoms with van der Waals surface area (Å²) in [6.45, 7) is 5.41. The van der Waals surface area contributed by atoms with Gasteiger partial charge in [-0.3, -0.25) is 0 Å². The first-order chi connectivity index (χ1) is 8.52. The molecule has 18 heavy (non-hydrogen) atoms. The van der Waals surface area contributed by atoms with E-state index in [0.717, 1.165) is 18.9 Å².